The minimum atomic E-state index is -1.10. The predicted octanol–water partition coefficient (Wildman–Crippen LogP) is 4.91. The first-order chi connectivity index (χ1) is 9.56. The summed E-state index contributed by atoms with van der Waals surface area (Å²) in [5.41, 5.74) is 2.85. The van der Waals surface area contributed by atoms with Crippen molar-refractivity contribution in [2.24, 2.45) is 0 Å². The van der Waals surface area contributed by atoms with E-state index in [0.29, 0.717) is 5.76 Å². The zero-order valence-corrected chi connectivity index (χ0v) is 13.5. The van der Waals surface area contributed by atoms with Crippen LogP contribution in [0.1, 0.15) is 5.56 Å². The number of rotatable bonds is 2. The minimum Gasteiger partial charge on any atom is -0.455 e. The molecule has 2 nitrogen and oxygen atoms in total. The van der Waals surface area contributed by atoms with E-state index in [-0.39, 0.29) is 0 Å². The third-order valence-electron chi connectivity index (χ3n) is 3.19. The maximum absolute atomic E-state index is 12.1. The Morgan fingerprint density at radius 2 is 1.80 bits per heavy atom. The van der Waals surface area contributed by atoms with Gasteiger partial charge in [0, 0.05) is 21.7 Å². The standard InChI is InChI=1S/C16H13BrO2S/c1-10-3-8-14-13(9-10)16(20(2)18)15(19-14)11-4-6-12(17)7-5-11/h3-9H,1-2H3. The first-order valence-corrected chi connectivity index (χ1v) is 8.54. The highest BCUT2D eigenvalue weighted by Crippen LogP contribution is 2.36. The lowest BCUT2D eigenvalue weighted by molar-refractivity contribution is 0.622. The number of benzene rings is 2. The van der Waals surface area contributed by atoms with E-state index >= 15 is 0 Å². The van der Waals surface area contributed by atoms with Crippen LogP contribution in [0.15, 0.2) is 56.2 Å². The van der Waals surface area contributed by atoms with Gasteiger partial charge in [-0.1, -0.05) is 39.7 Å². The summed E-state index contributed by atoms with van der Waals surface area (Å²) < 4.78 is 19.1. The fourth-order valence-electron chi connectivity index (χ4n) is 2.27. The van der Waals surface area contributed by atoms with E-state index in [0.717, 1.165) is 31.5 Å². The van der Waals surface area contributed by atoms with E-state index in [1.807, 2.05) is 49.4 Å². The van der Waals surface area contributed by atoms with Crippen LogP contribution in [0.2, 0.25) is 0 Å². The summed E-state index contributed by atoms with van der Waals surface area (Å²) in [7, 11) is -1.10. The smallest absolute Gasteiger partial charge is 0.151 e. The largest absolute Gasteiger partial charge is 0.455 e. The molecule has 1 aromatic heterocycles. The Morgan fingerprint density at radius 3 is 2.45 bits per heavy atom. The number of fused-ring (bicyclic) bond motifs is 1. The van der Waals surface area contributed by atoms with Gasteiger partial charge in [0.05, 0.1) is 15.7 Å². The van der Waals surface area contributed by atoms with Crippen LogP contribution >= 0.6 is 15.9 Å². The summed E-state index contributed by atoms with van der Waals surface area (Å²) in [4.78, 5) is 0.769. The van der Waals surface area contributed by atoms with Crippen LogP contribution < -0.4 is 0 Å². The van der Waals surface area contributed by atoms with E-state index in [9.17, 15) is 4.21 Å². The molecule has 0 amide bonds. The van der Waals surface area contributed by atoms with Gasteiger partial charge < -0.3 is 4.42 Å². The molecule has 3 rings (SSSR count). The highest BCUT2D eigenvalue weighted by Gasteiger charge is 2.18. The summed E-state index contributed by atoms with van der Waals surface area (Å²) in [5, 5.41) is 0.934. The summed E-state index contributed by atoms with van der Waals surface area (Å²) in [6.45, 7) is 2.02. The summed E-state index contributed by atoms with van der Waals surface area (Å²) in [6, 6.07) is 13.8. The summed E-state index contributed by atoms with van der Waals surface area (Å²) in [6.07, 6.45) is 1.69. The molecule has 0 saturated heterocycles. The number of furan rings is 1. The van der Waals surface area contributed by atoms with E-state index < -0.39 is 10.8 Å². The molecule has 0 aliphatic carbocycles. The molecule has 1 heterocycles. The summed E-state index contributed by atoms with van der Waals surface area (Å²) in [5.74, 6) is 0.693. The molecule has 1 atom stereocenters. The van der Waals surface area contributed by atoms with Gasteiger partial charge >= 0.3 is 0 Å². The van der Waals surface area contributed by atoms with Crippen molar-refractivity contribution < 1.29 is 8.63 Å². The number of aryl methyl sites for hydroxylation is 1. The van der Waals surface area contributed by atoms with Gasteiger partial charge in [-0.15, -0.1) is 0 Å². The molecule has 0 bridgehead atoms. The van der Waals surface area contributed by atoms with Gasteiger partial charge in [-0.2, -0.15) is 0 Å². The van der Waals surface area contributed by atoms with E-state index in [1.165, 1.54) is 0 Å². The first kappa shape index (κ1) is 13.6. The predicted molar refractivity (Wildman–Crippen MR) is 86.4 cm³/mol. The molecule has 102 valence electrons. The monoisotopic (exact) mass is 348 g/mol. The van der Waals surface area contributed by atoms with Crippen molar-refractivity contribution in [2.75, 3.05) is 6.26 Å². The molecule has 0 saturated carbocycles. The van der Waals surface area contributed by atoms with Gasteiger partial charge in [-0.05, 0) is 31.2 Å². The van der Waals surface area contributed by atoms with Crippen LogP contribution in [-0.4, -0.2) is 10.5 Å². The molecular formula is C16H13BrO2S. The second kappa shape index (κ2) is 5.19. The third-order valence-corrected chi connectivity index (χ3v) is 4.70. The van der Waals surface area contributed by atoms with Crippen LogP contribution in [0.25, 0.3) is 22.3 Å². The summed E-state index contributed by atoms with van der Waals surface area (Å²) >= 11 is 3.42. The van der Waals surface area contributed by atoms with Crippen molar-refractivity contribution in [1.82, 2.24) is 0 Å². The molecule has 0 radical (unpaired) electrons. The average Bonchev–Trinajstić information content (AvgIpc) is 2.78. The second-order valence-electron chi connectivity index (χ2n) is 4.72. The van der Waals surface area contributed by atoms with Crippen molar-refractivity contribution in [3.8, 4) is 11.3 Å². The Morgan fingerprint density at radius 1 is 1.10 bits per heavy atom. The van der Waals surface area contributed by atoms with Crippen LogP contribution in [0, 0.1) is 6.92 Å². The highest BCUT2D eigenvalue weighted by molar-refractivity contribution is 9.10. The van der Waals surface area contributed by atoms with Gasteiger partial charge in [0.2, 0.25) is 0 Å². The van der Waals surface area contributed by atoms with Crippen LogP contribution in [0.4, 0.5) is 0 Å². The SMILES string of the molecule is Cc1ccc2oc(-c3ccc(Br)cc3)c(S(C)=O)c2c1. The molecule has 3 aromatic rings. The Hall–Kier alpha value is -1.39. The van der Waals surface area contributed by atoms with E-state index in [2.05, 4.69) is 15.9 Å². The Kier molecular flexibility index (Phi) is 3.52. The van der Waals surface area contributed by atoms with Crippen molar-refractivity contribution in [3.63, 3.8) is 0 Å². The normalized spacial score (nSPS) is 12.8. The zero-order chi connectivity index (χ0) is 14.3. The van der Waals surface area contributed by atoms with Gasteiger partial charge in [-0.3, -0.25) is 4.21 Å². The lowest BCUT2D eigenvalue weighted by atomic mass is 10.1. The molecule has 4 heteroatoms. The fourth-order valence-corrected chi connectivity index (χ4v) is 3.42. The molecular weight excluding hydrogens is 336 g/mol. The van der Waals surface area contributed by atoms with Crippen LogP contribution in [-0.2, 0) is 10.8 Å². The van der Waals surface area contributed by atoms with E-state index in [4.69, 9.17) is 4.42 Å². The molecule has 2 aromatic carbocycles. The molecule has 0 spiro atoms. The maximum Gasteiger partial charge on any atom is 0.151 e. The lowest BCUT2D eigenvalue weighted by Crippen LogP contribution is -1.89. The van der Waals surface area contributed by atoms with Gasteiger partial charge in [-0.25, -0.2) is 0 Å². The number of hydrogen-bond donors (Lipinski definition) is 0. The molecule has 20 heavy (non-hydrogen) atoms. The quantitative estimate of drug-likeness (QED) is 0.658. The fraction of sp³-hybridized carbons (Fsp3) is 0.125. The maximum atomic E-state index is 12.1. The molecule has 1 unspecified atom stereocenters. The Balaban J connectivity index is 2.32. The highest BCUT2D eigenvalue weighted by atomic mass is 79.9. The Labute approximate surface area is 128 Å². The van der Waals surface area contributed by atoms with Gasteiger partial charge in [0.25, 0.3) is 0 Å². The molecule has 0 N–H and O–H groups in total. The third kappa shape index (κ3) is 2.34. The number of hydrogen-bond acceptors (Lipinski definition) is 2. The van der Waals surface area contributed by atoms with Crippen molar-refractivity contribution in [2.45, 2.75) is 11.8 Å². The van der Waals surface area contributed by atoms with Crippen molar-refractivity contribution in [1.29, 1.82) is 0 Å². The van der Waals surface area contributed by atoms with Crippen molar-refractivity contribution in [3.05, 3.63) is 52.5 Å². The number of halogens is 1. The van der Waals surface area contributed by atoms with Crippen LogP contribution in [0.3, 0.4) is 0 Å². The molecule has 0 aliphatic rings. The molecule has 0 fully saturated rings. The average molecular weight is 349 g/mol. The topological polar surface area (TPSA) is 30.2 Å². The lowest BCUT2D eigenvalue weighted by Gasteiger charge is -2.00. The second-order valence-corrected chi connectivity index (χ2v) is 6.95. The van der Waals surface area contributed by atoms with Crippen LogP contribution in [0.5, 0.6) is 0 Å². The Bertz CT molecular complexity index is 803. The molecule has 0 aliphatic heterocycles. The zero-order valence-electron chi connectivity index (χ0n) is 11.1. The van der Waals surface area contributed by atoms with Gasteiger partial charge in [0.15, 0.2) is 5.76 Å². The van der Waals surface area contributed by atoms with E-state index in [1.54, 1.807) is 6.26 Å². The van der Waals surface area contributed by atoms with Crippen molar-refractivity contribution >= 4 is 37.7 Å². The van der Waals surface area contributed by atoms with Gasteiger partial charge in [0.1, 0.15) is 5.58 Å². The first-order valence-electron chi connectivity index (χ1n) is 6.19. The minimum absolute atomic E-state index is 0.693.